The molecule has 22 heavy (non-hydrogen) atoms. The number of nitrogens with zero attached hydrogens (tertiary/aromatic N) is 1. The van der Waals surface area contributed by atoms with Crippen molar-refractivity contribution in [3.63, 3.8) is 0 Å². The Kier molecular flexibility index (Phi) is 4.47. The first-order chi connectivity index (χ1) is 10.8. The third-order valence-corrected chi connectivity index (χ3v) is 4.07. The topological polar surface area (TPSA) is 45.3 Å². The minimum absolute atomic E-state index is 0.231. The Hall–Kier alpha value is -2.23. The van der Waals surface area contributed by atoms with Crippen LogP contribution in [0.15, 0.2) is 36.4 Å². The normalized spacial score (nSPS) is 14.5. The average molecular weight is 298 g/mol. The maximum atomic E-state index is 12.1. The molecule has 0 spiro atoms. The van der Waals surface area contributed by atoms with E-state index < -0.39 is 0 Å². The van der Waals surface area contributed by atoms with E-state index in [1.54, 1.807) is 4.90 Å². The number of unbranched alkanes of at least 4 members (excludes halogenated alkanes) is 1. The number of fused-ring (bicyclic) bond motifs is 3. The van der Waals surface area contributed by atoms with Gasteiger partial charge in [-0.05, 0) is 24.5 Å². The van der Waals surface area contributed by atoms with Gasteiger partial charge in [0.15, 0.2) is 0 Å². The lowest BCUT2D eigenvalue weighted by Gasteiger charge is -2.26. The predicted octanol–water partition coefficient (Wildman–Crippen LogP) is 4.02. The highest BCUT2D eigenvalue weighted by molar-refractivity contribution is 5.85. The van der Waals surface area contributed by atoms with Crippen LogP contribution in [-0.2, 0) is 17.7 Å². The van der Waals surface area contributed by atoms with E-state index in [2.05, 4.69) is 36.2 Å². The Morgan fingerprint density at radius 2 is 2.23 bits per heavy atom. The van der Waals surface area contributed by atoms with Gasteiger partial charge in [-0.3, -0.25) is 0 Å². The zero-order valence-electron chi connectivity index (χ0n) is 13.0. The molecule has 1 amide bonds. The zero-order valence-corrected chi connectivity index (χ0v) is 13.0. The van der Waals surface area contributed by atoms with Crippen LogP contribution in [0.4, 0.5) is 4.79 Å². The second kappa shape index (κ2) is 6.69. The zero-order chi connectivity index (χ0) is 15.4. The van der Waals surface area contributed by atoms with Crippen LogP contribution < -0.4 is 0 Å². The number of ether oxygens (including phenoxy) is 1. The van der Waals surface area contributed by atoms with Gasteiger partial charge in [-0.15, -0.1) is 0 Å². The van der Waals surface area contributed by atoms with Gasteiger partial charge in [0.1, 0.15) is 6.61 Å². The van der Waals surface area contributed by atoms with E-state index in [-0.39, 0.29) is 6.09 Å². The van der Waals surface area contributed by atoms with Crippen molar-refractivity contribution in [3.05, 3.63) is 47.7 Å². The molecule has 0 saturated heterocycles. The fraction of sp³-hybridized carbons (Fsp3) is 0.389. The highest BCUT2D eigenvalue weighted by Crippen LogP contribution is 2.27. The molecule has 0 bridgehead atoms. The standard InChI is InChI=1S/C18H22N2O2/c1-2-3-4-7-12-22-18(21)20-11-10-15-14-8-5-6-9-16(14)19-17(15)13-20/h4-9,19H,2-3,10-13H2,1H3/b7-4+. The molecular weight excluding hydrogens is 276 g/mol. The number of hydrogen-bond donors (Lipinski definition) is 1. The number of amides is 1. The summed E-state index contributed by atoms with van der Waals surface area (Å²) in [5.74, 6) is 0. The highest BCUT2D eigenvalue weighted by atomic mass is 16.6. The van der Waals surface area contributed by atoms with E-state index in [1.165, 1.54) is 10.9 Å². The summed E-state index contributed by atoms with van der Waals surface area (Å²) in [7, 11) is 0. The molecule has 1 aromatic carbocycles. The quantitative estimate of drug-likeness (QED) is 0.867. The SMILES string of the molecule is CCC/C=C/COC(=O)N1CCc2c([nH]c3ccccc23)C1. The third kappa shape index (κ3) is 3.01. The van der Waals surface area contributed by atoms with Gasteiger partial charge < -0.3 is 14.6 Å². The van der Waals surface area contributed by atoms with Gasteiger partial charge in [-0.25, -0.2) is 4.79 Å². The number of hydrogen-bond acceptors (Lipinski definition) is 2. The van der Waals surface area contributed by atoms with Gasteiger partial charge in [-0.2, -0.15) is 0 Å². The largest absolute Gasteiger partial charge is 0.445 e. The summed E-state index contributed by atoms with van der Waals surface area (Å²) in [5.41, 5.74) is 3.61. The number of H-pyrrole nitrogens is 1. The molecule has 4 nitrogen and oxygen atoms in total. The Bertz CT molecular complexity index is 687. The van der Waals surface area contributed by atoms with Crippen LogP contribution in [0, 0.1) is 0 Å². The van der Waals surface area contributed by atoms with Gasteiger partial charge in [0.2, 0.25) is 0 Å². The van der Waals surface area contributed by atoms with E-state index in [9.17, 15) is 4.79 Å². The molecule has 0 atom stereocenters. The molecule has 2 aromatic rings. The van der Waals surface area contributed by atoms with Gasteiger partial charge >= 0.3 is 6.09 Å². The number of carbonyl (C=O) groups excluding carboxylic acids is 1. The van der Waals surface area contributed by atoms with Gasteiger partial charge in [0.05, 0.1) is 6.54 Å². The molecule has 0 radical (unpaired) electrons. The van der Waals surface area contributed by atoms with Crippen molar-refractivity contribution in [2.45, 2.75) is 32.7 Å². The van der Waals surface area contributed by atoms with Crippen LogP contribution in [-0.4, -0.2) is 29.1 Å². The molecular formula is C18H22N2O2. The minimum atomic E-state index is -0.231. The molecule has 4 heteroatoms. The van der Waals surface area contributed by atoms with Crippen LogP contribution in [0.25, 0.3) is 10.9 Å². The summed E-state index contributed by atoms with van der Waals surface area (Å²) < 4.78 is 5.30. The summed E-state index contributed by atoms with van der Waals surface area (Å²) in [6.45, 7) is 3.80. The molecule has 1 aliphatic rings. The molecule has 1 N–H and O–H groups in total. The Morgan fingerprint density at radius 3 is 3.09 bits per heavy atom. The molecule has 0 saturated carbocycles. The molecule has 0 fully saturated rings. The summed E-state index contributed by atoms with van der Waals surface area (Å²) in [6, 6.07) is 8.30. The number of carbonyl (C=O) groups is 1. The van der Waals surface area contributed by atoms with E-state index in [4.69, 9.17) is 4.74 Å². The number of allylic oxidation sites excluding steroid dienone is 1. The van der Waals surface area contributed by atoms with Crippen molar-refractivity contribution in [2.24, 2.45) is 0 Å². The Labute approximate surface area is 130 Å². The van der Waals surface area contributed by atoms with Crippen LogP contribution in [0.1, 0.15) is 31.0 Å². The van der Waals surface area contributed by atoms with Crippen molar-refractivity contribution >= 4 is 17.0 Å². The first kappa shape index (κ1) is 14.7. The second-order valence-electron chi connectivity index (χ2n) is 5.64. The smallest absolute Gasteiger partial charge is 0.410 e. The van der Waals surface area contributed by atoms with Crippen molar-refractivity contribution in [1.82, 2.24) is 9.88 Å². The number of aromatic nitrogens is 1. The van der Waals surface area contributed by atoms with Crippen molar-refractivity contribution in [1.29, 1.82) is 0 Å². The summed E-state index contributed by atoms with van der Waals surface area (Å²) in [5, 5.41) is 1.27. The third-order valence-electron chi connectivity index (χ3n) is 4.07. The number of aromatic amines is 1. The average Bonchev–Trinajstić information content (AvgIpc) is 2.92. The van der Waals surface area contributed by atoms with E-state index >= 15 is 0 Å². The summed E-state index contributed by atoms with van der Waals surface area (Å²) >= 11 is 0. The Morgan fingerprint density at radius 1 is 1.36 bits per heavy atom. The van der Waals surface area contributed by atoms with Crippen LogP contribution in [0.2, 0.25) is 0 Å². The van der Waals surface area contributed by atoms with Crippen molar-refractivity contribution in [2.75, 3.05) is 13.2 Å². The second-order valence-corrected chi connectivity index (χ2v) is 5.64. The minimum Gasteiger partial charge on any atom is -0.445 e. The molecule has 3 rings (SSSR count). The number of rotatable bonds is 4. The molecule has 0 unspecified atom stereocenters. The maximum absolute atomic E-state index is 12.1. The molecule has 0 aliphatic carbocycles. The van der Waals surface area contributed by atoms with Crippen molar-refractivity contribution < 1.29 is 9.53 Å². The number of para-hydroxylation sites is 1. The predicted molar refractivity (Wildman–Crippen MR) is 87.8 cm³/mol. The monoisotopic (exact) mass is 298 g/mol. The molecule has 2 heterocycles. The van der Waals surface area contributed by atoms with Crippen molar-refractivity contribution in [3.8, 4) is 0 Å². The lowest BCUT2D eigenvalue weighted by Crippen LogP contribution is -2.36. The number of nitrogens with one attached hydrogen (secondary N) is 1. The summed E-state index contributed by atoms with van der Waals surface area (Å²) in [4.78, 5) is 17.3. The lowest BCUT2D eigenvalue weighted by atomic mass is 10.0. The van der Waals surface area contributed by atoms with Gasteiger partial charge in [0, 0.05) is 23.1 Å². The fourth-order valence-corrected chi connectivity index (χ4v) is 2.91. The Balaban J connectivity index is 1.63. The van der Waals surface area contributed by atoms with E-state index in [1.807, 2.05) is 12.1 Å². The van der Waals surface area contributed by atoms with E-state index in [0.717, 1.165) is 30.5 Å². The molecule has 116 valence electrons. The van der Waals surface area contributed by atoms with Gasteiger partial charge in [0.25, 0.3) is 0 Å². The van der Waals surface area contributed by atoms with Gasteiger partial charge in [-0.1, -0.05) is 43.7 Å². The van der Waals surface area contributed by atoms with Crippen LogP contribution in [0.3, 0.4) is 0 Å². The fourth-order valence-electron chi connectivity index (χ4n) is 2.91. The first-order valence-corrected chi connectivity index (χ1v) is 7.94. The molecule has 1 aromatic heterocycles. The van der Waals surface area contributed by atoms with Crippen LogP contribution in [0.5, 0.6) is 0 Å². The first-order valence-electron chi connectivity index (χ1n) is 7.94. The molecule has 1 aliphatic heterocycles. The summed E-state index contributed by atoms with van der Waals surface area (Å²) in [6.07, 6.45) is 6.75. The maximum Gasteiger partial charge on any atom is 0.410 e. The van der Waals surface area contributed by atoms with Crippen LogP contribution >= 0.6 is 0 Å². The number of benzene rings is 1. The lowest BCUT2D eigenvalue weighted by molar-refractivity contribution is 0.107. The van der Waals surface area contributed by atoms with E-state index in [0.29, 0.717) is 19.7 Å². The highest BCUT2D eigenvalue weighted by Gasteiger charge is 2.24.